The highest BCUT2D eigenvalue weighted by molar-refractivity contribution is 5.87. The summed E-state index contributed by atoms with van der Waals surface area (Å²) in [6, 6.07) is 0.365. The SMILES string of the molecule is C=CC(=O)N1CCN(C)C[C@H]1CC. The molecule has 13 heavy (non-hydrogen) atoms. The molecule has 0 bridgehead atoms. The summed E-state index contributed by atoms with van der Waals surface area (Å²) in [6.07, 6.45) is 2.43. The zero-order valence-corrected chi connectivity index (χ0v) is 8.49. The number of carbonyl (C=O) groups excluding carboxylic acids is 1. The number of carbonyl (C=O) groups is 1. The van der Waals surface area contributed by atoms with E-state index in [0.29, 0.717) is 6.04 Å². The van der Waals surface area contributed by atoms with E-state index in [1.807, 2.05) is 4.90 Å². The molecular formula is C10H18N2O. The number of rotatable bonds is 2. The first-order valence-corrected chi connectivity index (χ1v) is 4.80. The number of amides is 1. The summed E-state index contributed by atoms with van der Waals surface area (Å²) < 4.78 is 0. The lowest BCUT2D eigenvalue weighted by Gasteiger charge is -2.39. The molecule has 0 aromatic carbocycles. The summed E-state index contributed by atoms with van der Waals surface area (Å²) >= 11 is 0. The number of hydrogen-bond acceptors (Lipinski definition) is 2. The quantitative estimate of drug-likeness (QED) is 0.588. The molecule has 3 heteroatoms. The van der Waals surface area contributed by atoms with Gasteiger partial charge in [0.15, 0.2) is 0 Å². The van der Waals surface area contributed by atoms with Crippen LogP contribution in [0.5, 0.6) is 0 Å². The molecule has 1 amide bonds. The maximum Gasteiger partial charge on any atom is 0.246 e. The van der Waals surface area contributed by atoms with Gasteiger partial charge in [-0.1, -0.05) is 13.5 Å². The second-order valence-corrected chi connectivity index (χ2v) is 3.56. The Kier molecular flexibility index (Phi) is 3.48. The van der Waals surface area contributed by atoms with Crippen molar-refractivity contribution < 1.29 is 4.79 Å². The van der Waals surface area contributed by atoms with Crippen molar-refractivity contribution in [1.82, 2.24) is 9.80 Å². The highest BCUT2D eigenvalue weighted by Crippen LogP contribution is 2.11. The Hall–Kier alpha value is -0.830. The van der Waals surface area contributed by atoms with E-state index >= 15 is 0 Å². The van der Waals surface area contributed by atoms with E-state index in [0.717, 1.165) is 26.1 Å². The Morgan fingerprint density at radius 2 is 2.31 bits per heavy atom. The normalized spacial score (nSPS) is 24.5. The predicted molar refractivity (Wildman–Crippen MR) is 53.5 cm³/mol. The summed E-state index contributed by atoms with van der Waals surface area (Å²) in [5.74, 6) is 0.0694. The maximum atomic E-state index is 11.4. The van der Waals surface area contributed by atoms with Crippen LogP contribution in [-0.2, 0) is 4.79 Å². The van der Waals surface area contributed by atoms with Crippen LogP contribution in [0.25, 0.3) is 0 Å². The highest BCUT2D eigenvalue weighted by Gasteiger charge is 2.25. The van der Waals surface area contributed by atoms with Crippen molar-refractivity contribution >= 4 is 5.91 Å². The van der Waals surface area contributed by atoms with E-state index in [1.54, 1.807) is 0 Å². The van der Waals surface area contributed by atoms with Crippen molar-refractivity contribution in [3.05, 3.63) is 12.7 Å². The first-order chi connectivity index (χ1) is 6.19. The zero-order valence-electron chi connectivity index (χ0n) is 8.49. The lowest BCUT2D eigenvalue weighted by atomic mass is 10.1. The van der Waals surface area contributed by atoms with Gasteiger partial charge in [-0.3, -0.25) is 4.79 Å². The number of hydrogen-bond donors (Lipinski definition) is 0. The van der Waals surface area contributed by atoms with Crippen LogP contribution in [0.2, 0.25) is 0 Å². The molecule has 1 atom stereocenters. The summed E-state index contributed by atoms with van der Waals surface area (Å²) in [6.45, 7) is 8.42. The summed E-state index contributed by atoms with van der Waals surface area (Å²) in [5.41, 5.74) is 0. The zero-order chi connectivity index (χ0) is 9.84. The van der Waals surface area contributed by atoms with Crippen molar-refractivity contribution in [3.8, 4) is 0 Å². The molecule has 0 aromatic rings. The molecule has 1 saturated heterocycles. The topological polar surface area (TPSA) is 23.6 Å². The molecule has 0 radical (unpaired) electrons. The van der Waals surface area contributed by atoms with Gasteiger partial charge in [-0.15, -0.1) is 0 Å². The summed E-state index contributed by atoms with van der Waals surface area (Å²) in [4.78, 5) is 15.6. The Morgan fingerprint density at radius 1 is 1.62 bits per heavy atom. The van der Waals surface area contributed by atoms with Gasteiger partial charge >= 0.3 is 0 Å². The van der Waals surface area contributed by atoms with Crippen LogP contribution in [-0.4, -0.2) is 48.4 Å². The van der Waals surface area contributed by atoms with Crippen molar-refractivity contribution in [2.45, 2.75) is 19.4 Å². The minimum absolute atomic E-state index is 0.0694. The van der Waals surface area contributed by atoms with Gasteiger partial charge in [0.1, 0.15) is 0 Å². The van der Waals surface area contributed by atoms with E-state index in [-0.39, 0.29) is 5.91 Å². The van der Waals surface area contributed by atoms with Crippen LogP contribution in [0.15, 0.2) is 12.7 Å². The van der Waals surface area contributed by atoms with E-state index in [2.05, 4.69) is 25.5 Å². The third-order valence-corrected chi connectivity index (χ3v) is 2.61. The highest BCUT2D eigenvalue weighted by atomic mass is 16.2. The van der Waals surface area contributed by atoms with Crippen LogP contribution in [0.1, 0.15) is 13.3 Å². The Morgan fingerprint density at radius 3 is 2.85 bits per heavy atom. The Bertz CT molecular complexity index is 203. The van der Waals surface area contributed by atoms with Gasteiger partial charge in [0.05, 0.1) is 0 Å². The lowest BCUT2D eigenvalue weighted by molar-refractivity contribution is -0.130. The second-order valence-electron chi connectivity index (χ2n) is 3.56. The van der Waals surface area contributed by atoms with Gasteiger partial charge in [0.25, 0.3) is 0 Å². The monoisotopic (exact) mass is 182 g/mol. The average Bonchev–Trinajstić information content (AvgIpc) is 2.16. The maximum absolute atomic E-state index is 11.4. The minimum Gasteiger partial charge on any atom is -0.334 e. The van der Waals surface area contributed by atoms with E-state index in [4.69, 9.17) is 0 Å². The molecule has 1 aliphatic rings. The first kappa shape index (κ1) is 10.3. The van der Waals surface area contributed by atoms with Gasteiger partial charge in [-0.05, 0) is 19.5 Å². The predicted octanol–water partition coefficient (Wildman–Crippen LogP) is 0.725. The molecule has 3 nitrogen and oxygen atoms in total. The molecule has 74 valence electrons. The van der Waals surface area contributed by atoms with E-state index in [1.165, 1.54) is 6.08 Å². The third-order valence-electron chi connectivity index (χ3n) is 2.61. The fourth-order valence-electron chi connectivity index (χ4n) is 1.77. The van der Waals surface area contributed by atoms with Gasteiger partial charge < -0.3 is 9.80 Å². The summed E-state index contributed by atoms with van der Waals surface area (Å²) in [7, 11) is 2.10. The number of likely N-dealkylation sites (N-methyl/N-ethyl adjacent to an activating group) is 1. The van der Waals surface area contributed by atoms with E-state index in [9.17, 15) is 4.79 Å². The number of piperazine rings is 1. The van der Waals surface area contributed by atoms with Crippen LogP contribution >= 0.6 is 0 Å². The van der Waals surface area contributed by atoms with E-state index < -0.39 is 0 Å². The van der Waals surface area contributed by atoms with Crippen molar-refractivity contribution in [2.75, 3.05) is 26.7 Å². The van der Waals surface area contributed by atoms with Crippen LogP contribution in [0.4, 0.5) is 0 Å². The Balaban J connectivity index is 2.62. The lowest BCUT2D eigenvalue weighted by Crippen LogP contribution is -2.53. The van der Waals surface area contributed by atoms with Gasteiger partial charge in [-0.2, -0.15) is 0 Å². The van der Waals surface area contributed by atoms with Gasteiger partial charge in [0, 0.05) is 25.7 Å². The third kappa shape index (κ3) is 2.31. The van der Waals surface area contributed by atoms with Gasteiger partial charge in [-0.25, -0.2) is 0 Å². The fourth-order valence-corrected chi connectivity index (χ4v) is 1.77. The summed E-state index contributed by atoms with van der Waals surface area (Å²) in [5, 5.41) is 0. The minimum atomic E-state index is 0.0694. The van der Waals surface area contributed by atoms with Crippen LogP contribution in [0.3, 0.4) is 0 Å². The molecule has 0 spiro atoms. The molecule has 0 aliphatic carbocycles. The fraction of sp³-hybridized carbons (Fsp3) is 0.700. The van der Waals surface area contributed by atoms with Gasteiger partial charge in [0.2, 0.25) is 5.91 Å². The van der Waals surface area contributed by atoms with Crippen molar-refractivity contribution in [1.29, 1.82) is 0 Å². The Labute approximate surface area is 80.0 Å². The molecule has 1 rings (SSSR count). The van der Waals surface area contributed by atoms with Crippen LogP contribution in [0, 0.1) is 0 Å². The van der Waals surface area contributed by atoms with Crippen LogP contribution < -0.4 is 0 Å². The van der Waals surface area contributed by atoms with Crippen molar-refractivity contribution in [2.24, 2.45) is 0 Å². The molecular weight excluding hydrogens is 164 g/mol. The molecule has 1 aliphatic heterocycles. The average molecular weight is 182 g/mol. The molecule has 0 unspecified atom stereocenters. The molecule has 0 saturated carbocycles. The first-order valence-electron chi connectivity index (χ1n) is 4.80. The van der Waals surface area contributed by atoms with Crippen molar-refractivity contribution in [3.63, 3.8) is 0 Å². The second kappa shape index (κ2) is 4.42. The molecule has 1 fully saturated rings. The molecule has 0 N–H and O–H groups in total. The molecule has 1 heterocycles. The smallest absolute Gasteiger partial charge is 0.246 e. The largest absolute Gasteiger partial charge is 0.334 e. The standard InChI is InChI=1S/C10H18N2O/c1-4-9-8-11(3)6-7-12(9)10(13)5-2/h5,9H,2,4,6-8H2,1,3H3/t9-/m1/s1. The molecule has 0 aromatic heterocycles. The number of nitrogens with zero attached hydrogens (tertiary/aromatic N) is 2.